The van der Waals surface area contributed by atoms with Gasteiger partial charge in [-0.3, -0.25) is 14.4 Å². The van der Waals surface area contributed by atoms with E-state index in [0.29, 0.717) is 19.3 Å². The Morgan fingerprint density at radius 2 is 0.534 bits per heavy atom. The van der Waals surface area contributed by atoms with Crippen LogP contribution in [0.2, 0.25) is 0 Å². The summed E-state index contributed by atoms with van der Waals surface area (Å²) in [6.45, 7) is 6.47. The van der Waals surface area contributed by atoms with Crippen LogP contribution < -0.4 is 0 Å². The van der Waals surface area contributed by atoms with Crippen molar-refractivity contribution >= 4 is 17.9 Å². The van der Waals surface area contributed by atoms with Crippen LogP contribution in [0.15, 0.2) is 122 Å². The average molecular weight is 1010 g/mol. The summed E-state index contributed by atoms with van der Waals surface area (Å²) in [5.41, 5.74) is 0. The highest BCUT2D eigenvalue weighted by molar-refractivity contribution is 5.71. The molecule has 414 valence electrons. The van der Waals surface area contributed by atoms with E-state index in [0.717, 1.165) is 135 Å². The fourth-order valence-corrected chi connectivity index (χ4v) is 8.00. The number of hydrogen-bond donors (Lipinski definition) is 0. The first-order valence-corrected chi connectivity index (χ1v) is 30.0. The molecule has 0 saturated heterocycles. The minimum Gasteiger partial charge on any atom is -0.462 e. The lowest BCUT2D eigenvalue weighted by molar-refractivity contribution is -0.167. The van der Waals surface area contributed by atoms with E-state index < -0.39 is 6.10 Å². The van der Waals surface area contributed by atoms with Crippen molar-refractivity contribution in [3.05, 3.63) is 122 Å². The number of ether oxygens (including phenoxy) is 3. The van der Waals surface area contributed by atoms with Gasteiger partial charge in [-0.2, -0.15) is 0 Å². The number of carbonyl (C=O) groups excluding carboxylic acids is 3. The van der Waals surface area contributed by atoms with Crippen LogP contribution in [-0.2, 0) is 28.6 Å². The smallest absolute Gasteiger partial charge is 0.306 e. The first kappa shape index (κ1) is 68.8. The fourth-order valence-electron chi connectivity index (χ4n) is 8.00. The molecule has 0 radical (unpaired) electrons. The number of carbonyl (C=O) groups is 3. The second-order valence-corrected chi connectivity index (χ2v) is 19.5. The molecule has 0 rings (SSSR count). The SMILES string of the molecule is CC/C=C\C/C=C\C/C=C\C/C=C\C/C=C\C/C=C\C/C=C\C/C=C\C/C=C\C/C=C\CCCCCCC(=O)OCC(COC(=O)CCCCCCCCCC)OC(=O)CCCCCCCCCCCCCC. The summed E-state index contributed by atoms with van der Waals surface area (Å²) in [5, 5.41) is 0. The first-order valence-electron chi connectivity index (χ1n) is 30.0. The van der Waals surface area contributed by atoms with Gasteiger partial charge in [0.2, 0.25) is 0 Å². The average Bonchev–Trinajstić information content (AvgIpc) is 3.39. The van der Waals surface area contributed by atoms with Gasteiger partial charge in [0.25, 0.3) is 0 Å². The standard InChI is InChI=1S/C67H110O6/c1-4-7-10-13-16-19-21-23-24-25-26-27-28-29-30-31-32-33-34-35-36-37-38-39-40-41-42-43-44-45-47-48-51-54-57-60-66(69)72-63-64(62-71-65(68)59-56-53-50-18-15-12-9-6-3)73-67(70)61-58-55-52-49-46-22-20-17-14-11-8-5-2/h7,10,16,19,23-24,26-27,29-30,32-33,35-36,38-39,41-42,44-45,64H,4-6,8-9,11-15,17-18,20-22,25,28,31,34,37,40,43,46-63H2,1-3H3/b10-7-,19-16-,24-23-,27-26-,30-29-,33-32-,36-35-,39-38-,42-41-,45-44-. The lowest BCUT2D eigenvalue weighted by Crippen LogP contribution is -2.30. The summed E-state index contributed by atoms with van der Waals surface area (Å²) < 4.78 is 16.8. The van der Waals surface area contributed by atoms with Gasteiger partial charge in [-0.15, -0.1) is 0 Å². The lowest BCUT2D eigenvalue weighted by Gasteiger charge is -2.18. The molecule has 0 amide bonds. The van der Waals surface area contributed by atoms with E-state index in [1.165, 1.54) is 89.9 Å². The van der Waals surface area contributed by atoms with Crippen LogP contribution in [-0.4, -0.2) is 37.2 Å². The molecule has 6 heteroatoms. The fraction of sp³-hybridized carbons (Fsp3) is 0.657. The van der Waals surface area contributed by atoms with Crippen LogP contribution in [0.25, 0.3) is 0 Å². The second kappa shape index (κ2) is 60.4. The van der Waals surface area contributed by atoms with Crippen molar-refractivity contribution in [1.29, 1.82) is 0 Å². The van der Waals surface area contributed by atoms with Crippen molar-refractivity contribution in [3.63, 3.8) is 0 Å². The molecule has 1 unspecified atom stereocenters. The Labute approximate surface area is 450 Å². The largest absolute Gasteiger partial charge is 0.462 e. The van der Waals surface area contributed by atoms with E-state index in [9.17, 15) is 14.4 Å². The van der Waals surface area contributed by atoms with Gasteiger partial charge in [0.1, 0.15) is 13.2 Å². The molecule has 73 heavy (non-hydrogen) atoms. The van der Waals surface area contributed by atoms with E-state index in [1.54, 1.807) is 0 Å². The lowest BCUT2D eigenvalue weighted by atomic mass is 10.0. The molecule has 0 aliphatic rings. The van der Waals surface area contributed by atoms with Gasteiger partial charge in [0.05, 0.1) is 0 Å². The summed E-state index contributed by atoms with van der Waals surface area (Å²) >= 11 is 0. The van der Waals surface area contributed by atoms with Crippen molar-refractivity contribution in [2.75, 3.05) is 13.2 Å². The minimum absolute atomic E-state index is 0.0845. The minimum atomic E-state index is -0.785. The normalized spacial score (nSPS) is 13.0. The van der Waals surface area contributed by atoms with Crippen LogP contribution in [0.5, 0.6) is 0 Å². The molecule has 6 nitrogen and oxygen atoms in total. The van der Waals surface area contributed by atoms with Crippen LogP contribution in [0.1, 0.15) is 265 Å². The monoisotopic (exact) mass is 1010 g/mol. The molecule has 0 bridgehead atoms. The third kappa shape index (κ3) is 58.6. The van der Waals surface area contributed by atoms with Crippen molar-refractivity contribution in [2.24, 2.45) is 0 Å². The summed E-state index contributed by atoms with van der Waals surface area (Å²) in [7, 11) is 0. The predicted molar refractivity (Wildman–Crippen MR) is 316 cm³/mol. The Morgan fingerprint density at radius 3 is 0.836 bits per heavy atom. The maximum absolute atomic E-state index is 12.8. The molecule has 0 aliphatic carbocycles. The van der Waals surface area contributed by atoms with Gasteiger partial charge in [-0.25, -0.2) is 0 Å². The van der Waals surface area contributed by atoms with Gasteiger partial charge >= 0.3 is 17.9 Å². The quantitative estimate of drug-likeness (QED) is 0.0261. The van der Waals surface area contributed by atoms with Crippen molar-refractivity contribution in [1.82, 2.24) is 0 Å². The zero-order chi connectivity index (χ0) is 52.9. The summed E-state index contributed by atoms with van der Waals surface area (Å²) in [6, 6.07) is 0. The van der Waals surface area contributed by atoms with E-state index in [1.807, 2.05) is 0 Å². The van der Waals surface area contributed by atoms with E-state index >= 15 is 0 Å². The molecule has 0 aliphatic heterocycles. The third-order valence-corrected chi connectivity index (χ3v) is 12.5. The van der Waals surface area contributed by atoms with Crippen LogP contribution in [0.3, 0.4) is 0 Å². The van der Waals surface area contributed by atoms with Crippen LogP contribution in [0.4, 0.5) is 0 Å². The maximum Gasteiger partial charge on any atom is 0.306 e. The van der Waals surface area contributed by atoms with Crippen LogP contribution >= 0.6 is 0 Å². The van der Waals surface area contributed by atoms with E-state index in [-0.39, 0.29) is 31.1 Å². The van der Waals surface area contributed by atoms with Gasteiger partial charge in [0, 0.05) is 19.3 Å². The third-order valence-electron chi connectivity index (χ3n) is 12.5. The van der Waals surface area contributed by atoms with Crippen molar-refractivity contribution < 1.29 is 28.6 Å². The topological polar surface area (TPSA) is 78.9 Å². The first-order chi connectivity index (χ1) is 36.0. The molecule has 0 aromatic rings. The molecule has 1 atom stereocenters. The van der Waals surface area contributed by atoms with E-state index in [4.69, 9.17) is 14.2 Å². The molecule has 0 fully saturated rings. The summed E-state index contributed by atoms with van der Waals surface area (Å²) in [4.78, 5) is 37.9. The number of hydrogen-bond acceptors (Lipinski definition) is 6. The second-order valence-electron chi connectivity index (χ2n) is 19.5. The Hall–Kier alpha value is -4.19. The Kier molecular flexibility index (Phi) is 56.9. The highest BCUT2D eigenvalue weighted by atomic mass is 16.6. The summed E-state index contributed by atoms with van der Waals surface area (Å²) in [5.74, 6) is -0.915. The zero-order valence-electron chi connectivity index (χ0n) is 47.4. The molecule has 0 spiro atoms. The number of allylic oxidation sites excluding steroid dienone is 20. The Bertz CT molecular complexity index is 1540. The van der Waals surface area contributed by atoms with E-state index in [2.05, 4.69) is 142 Å². The number of unbranched alkanes of at least 4 members (excludes halogenated alkanes) is 22. The maximum atomic E-state index is 12.8. The molecular formula is C67H110O6. The molecule has 0 heterocycles. The highest BCUT2D eigenvalue weighted by Crippen LogP contribution is 2.15. The van der Waals surface area contributed by atoms with Crippen molar-refractivity contribution in [3.8, 4) is 0 Å². The molecule has 0 N–H and O–H groups in total. The van der Waals surface area contributed by atoms with Gasteiger partial charge in [-0.1, -0.05) is 271 Å². The molecular weight excluding hydrogens is 901 g/mol. The number of rotatable bonds is 53. The molecule has 0 aromatic heterocycles. The highest BCUT2D eigenvalue weighted by Gasteiger charge is 2.19. The Morgan fingerprint density at radius 1 is 0.288 bits per heavy atom. The van der Waals surface area contributed by atoms with Crippen molar-refractivity contribution in [2.45, 2.75) is 271 Å². The van der Waals surface area contributed by atoms with Gasteiger partial charge < -0.3 is 14.2 Å². The Balaban J connectivity index is 4.18. The number of esters is 3. The predicted octanol–water partition coefficient (Wildman–Crippen LogP) is 20.4. The van der Waals surface area contributed by atoms with Crippen LogP contribution in [0, 0.1) is 0 Å². The summed E-state index contributed by atoms with van der Waals surface area (Å²) in [6.07, 6.45) is 83.6. The van der Waals surface area contributed by atoms with Gasteiger partial charge in [-0.05, 0) is 96.3 Å². The van der Waals surface area contributed by atoms with Gasteiger partial charge in [0.15, 0.2) is 6.10 Å². The molecule has 0 aromatic carbocycles. The zero-order valence-corrected chi connectivity index (χ0v) is 47.4. The molecule has 0 saturated carbocycles.